The molecule has 0 aliphatic rings. The average molecular weight is 196 g/mol. The van der Waals surface area contributed by atoms with Crippen LogP contribution in [0.3, 0.4) is 0 Å². The van der Waals surface area contributed by atoms with Gasteiger partial charge in [0.2, 0.25) is 5.91 Å². The van der Waals surface area contributed by atoms with Crippen LogP contribution in [0.25, 0.3) is 0 Å². The molecule has 14 heavy (non-hydrogen) atoms. The number of nitrogens with two attached hydrogens (primary N) is 1. The molecular formula is C9H16N4O. The van der Waals surface area contributed by atoms with E-state index in [-0.39, 0.29) is 11.9 Å². The molecular weight excluding hydrogens is 180 g/mol. The molecule has 0 bridgehead atoms. The highest BCUT2D eigenvalue weighted by molar-refractivity contribution is 5.76. The van der Waals surface area contributed by atoms with Gasteiger partial charge in [0.15, 0.2) is 0 Å². The zero-order valence-corrected chi connectivity index (χ0v) is 8.53. The van der Waals surface area contributed by atoms with Crippen molar-refractivity contribution >= 4 is 11.7 Å². The van der Waals surface area contributed by atoms with Gasteiger partial charge in [0, 0.05) is 25.2 Å². The third-order valence-electron chi connectivity index (χ3n) is 1.70. The normalized spacial score (nSPS) is 10.5. The van der Waals surface area contributed by atoms with Gasteiger partial charge in [-0.15, -0.1) is 0 Å². The predicted molar refractivity (Wildman–Crippen MR) is 54.5 cm³/mol. The molecule has 0 saturated heterocycles. The van der Waals surface area contributed by atoms with Crippen molar-refractivity contribution in [2.45, 2.75) is 32.9 Å². The van der Waals surface area contributed by atoms with E-state index in [1.165, 1.54) is 0 Å². The standard InChI is InChI=1S/C9H16N4O/c1-7(2)12-9(14)3-4-13-5-8(10)11-6-13/h5-7H,3-4,10H2,1-2H3,(H,12,14). The van der Waals surface area contributed by atoms with Crippen molar-refractivity contribution in [3.8, 4) is 0 Å². The van der Waals surface area contributed by atoms with E-state index < -0.39 is 0 Å². The van der Waals surface area contributed by atoms with E-state index in [1.54, 1.807) is 17.1 Å². The van der Waals surface area contributed by atoms with Crippen LogP contribution in [0.4, 0.5) is 5.82 Å². The molecule has 0 spiro atoms. The molecule has 1 heterocycles. The number of hydrogen-bond acceptors (Lipinski definition) is 3. The monoisotopic (exact) mass is 196 g/mol. The van der Waals surface area contributed by atoms with Gasteiger partial charge in [-0.25, -0.2) is 4.98 Å². The van der Waals surface area contributed by atoms with Crippen molar-refractivity contribution in [3.05, 3.63) is 12.5 Å². The summed E-state index contributed by atoms with van der Waals surface area (Å²) in [5.74, 6) is 0.529. The van der Waals surface area contributed by atoms with Gasteiger partial charge in [-0.2, -0.15) is 0 Å². The highest BCUT2D eigenvalue weighted by Gasteiger charge is 2.03. The molecule has 0 saturated carbocycles. The Bertz CT molecular complexity index is 306. The van der Waals surface area contributed by atoms with Crippen LogP contribution < -0.4 is 11.1 Å². The Morgan fingerprint density at radius 2 is 2.43 bits per heavy atom. The van der Waals surface area contributed by atoms with E-state index in [4.69, 9.17) is 5.73 Å². The second-order valence-corrected chi connectivity index (χ2v) is 3.51. The number of carbonyl (C=O) groups excluding carboxylic acids is 1. The lowest BCUT2D eigenvalue weighted by Gasteiger charge is -2.07. The molecule has 0 aliphatic carbocycles. The minimum absolute atomic E-state index is 0.0484. The van der Waals surface area contributed by atoms with E-state index in [9.17, 15) is 4.79 Å². The zero-order chi connectivity index (χ0) is 10.6. The quantitative estimate of drug-likeness (QED) is 0.731. The van der Waals surface area contributed by atoms with Gasteiger partial charge in [0.05, 0.1) is 6.33 Å². The molecule has 3 N–H and O–H groups in total. The summed E-state index contributed by atoms with van der Waals surface area (Å²) in [6, 6.07) is 0.190. The molecule has 1 aromatic rings. The van der Waals surface area contributed by atoms with Crippen molar-refractivity contribution in [1.29, 1.82) is 0 Å². The number of aromatic nitrogens is 2. The largest absolute Gasteiger partial charge is 0.382 e. The molecule has 0 aromatic carbocycles. The number of carbonyl (C=O) groups is 1. The number of nitrogen functional groups attached to an aromatic ring is 1. The number of amides is 1. The van der Waals surface area contributed by atoms with E-state index in [2.05, 4.69) is 10.3 Å². The van der Waals surface area contributed by atoms with E-state index in [1.807, 2.05) is 13.8 Å². The highest BCUT2D eigenvalue weighted by Crippen LogP contribution is 1.98. The van der Waals surface area contributed by atoms with Gasteiger partial charge in [-0.1, -0.05) is 0 Å². The second-order valence-electron chi connectivity index (χ2n) is 3.51. The Hall–Kier alpha value is -1.52. The van der Waals surface area contributed by atoms with Crippen molar-refractivity contribution in [1.82, 2.24) is 14.9 Å². The Morgan fingerprint density at radius 1 is 1.71 bits per heavy atom. The number of nitrogens with zero attached hydrogens (tertiary/aromatic N) is 2. The average Bonchev–Trinajstić information content (AvgIpc) is 2.47. The summed E-state index contributed by atoms with van der Waals surface area (Å²) in [5, 5.41) is 2.82. The van der Waals surface area contributed by atoms with Gasteiger partial charge in [0.25, 0.3) is 0 Å². The molecule has 1 amide bonds. The minimum Gasteiger partial charge on any atom is -0.382 e. The molecule has 0 fully saturated rings. The molecule has 0 atom stereocenters. The number of hydrogen-bond donors (Lipinski definition) is 2. The summed E-state index contributed by atoms with van der Waals surface area (Å²) in [6.07, 6.45) is 3.79. The summed E-state index contributed by atoms with van der Waals surface area (Å²) in [7, 11) is 0. The summed E-state index contributed by atoms with van der Waals surface area (Å²) in [6.45, 7) is 4.49. The summed E-state index contributed by atoms with van der Waals surface area (Å²) < 4.78 is 1.80. The predicted octanol–water partition coefficient (Wildman–Crippen LogP) is 0.380. The summed E-state index contributed by atoms with van der Waals surface area (Å²) in [5.41, 5.74) is 5.43. The Balaban J connectivity index is 2.30. The SMILES string of the molecule is CC(C)NC(=O)CCn1cnc(N)c1. The number of imidazole rings is 1. The maximum atomic E-state index is 11.3. The van der Waals surface area contributed by atoms with Crippen LogP contribution in [0, 0.1) is 0 Å². The van der Waals surface area contributed by atoms with Crippen LogP contribution in [-0.4, -0.2) is 21.5 Å². The van der Waals surface area contributed by atoms with Gasteiger partial charge in [-0.3, -0.25) is 4.79 Å². The first-order valence-electron chi connectivity index (χ1n) is 4.64. The highest BCUT2D eigenvalue weighted by atomic mass is 16.1. The lowest BCUT2D eigenvalue weighted by atomic mass is 10.3. The first-order chi connectivity index (χ1) is 6.58. The van der Waals surface area contributed by atoms with Crippen LogP contribution in [-0.2, 0) is 11.3 Å². The summed E-state index contributed by atoms with van der Waals surface area (Å²) in [4.78, 5) is 15.1. The zero-order valence-electron chi connectivity index (χ0n) is 8.53. The third-order valence-corrected chi connectivity index (χ3v) is 1.70. The van der Waals surface area contributed by atoms with Gasteiger partial charge in [0.1, 0.15) is 5.82 Å². The lowest BCUT2D eigenvalue weighted by Crippen LogP contribution is -2.30. The fourth-order valence-corrected chi connectivity index (χ4v) is 1.12. The van der Waals surface area contributed by atoms with E-state index in [0.717, 1.165) is 0 Å². The number of anilines is 1. The Morgan fingerprint density at radius 3 is 2.93 bits per heavy atom. The lowest BCUT2D eigenvalue weighted by molar-refractivity contribution is -0.121. The van der Waals surface area contributed by atoms with Crippen molar-refractivity contribution in [2.75, 3.05) is 5.73 Å². The molecule has 5 heteroatoms. The molecule has 0 radical (unpaired) electrons. The van der Waals surface area contributed by atoms with Crippen LogP contribution >= 0.6 is 0 Å². The van der Waals surface area contributed by atoms with Crippen LogP contribution in [0.1, 0.15) is 20.3 Å². The molecule has 0 aliphatic heterocycles. The van der Waals surface area contributed by atoms with Crippen molar-refractivity contribution < 1.29 is 4.79 Å². The first kappa shape index (κ1) is 10.6. The maximum absolute atomic E-state index is 11.3. The van der Waals surface area contributed by atoms with Crippen molar-refractivity contribution in [2.24, 2.45) is 0 Å². The fourth-order valence-electron chi connectivity index (χ4n) is 1.12. The van der Waals surface area contributed by atoms with Crippen LogP contribution in [0.15, 0.2) is 12.5 Å². The molecule has 1 rings (SSSR count). The van der Waals surface area contributed by atoms with Gasteiger partial charge in [-0.05, 0) is 13.8 Å². The molecule has 1 aromatic heterocycles. The topological polar surface area (TPSA) is 72.9 Å². The van der Waals surface area contributed by atoms with Crippen LogP contribution in [0.2, 0.25) is 0 Å². The first-order valence-corrected chi connectivity index (χ1v) is 4.64. The van der Waals surface area contributed by atoms with Gasteiger partial charge < -0.3 is 15.6 Å². The summed E-state index contributed by atoms with van der Waals surface area (Å²) >= 11 is 0. The van der Waals surface area contributed by atoms with E-state index >= 15 is 0 Å². The Kier molecular flexibility index (Phi) is 3.50. The third kappa shape index (κ3) is 3.47. The number of nitrogens with one attached hydrogen (secondary N) is 1. The molecule has 5 nitrogen and oxygen atoms in total. The minimum atomic E-state index is 0.0484. The Labute approximate surface area is 83.3 Å². The fraction of sp³-hybridized carbons (Fsp3) is 0.556. The van der Waals surface area contributed by atoms with Crippen molar-refractivity contribution in [3.63, 3.8) is 0 Å². The second kappa shape index (κ2) is 4.64. The maximum Gasteiger partial charge on any atom is 0.221 e. The van der Waals surface area contributed by atoms with Crippen LogP contribution in [0.5, 0.6) is 0 Å². The van der Waals surface area contributed by atoms with Gasteiger partial charge >= 0.3 is 0 Å². The molecule has 78 valence electrons. The van der Waals surface area contributed by atoms with E-state index in [0.29, 0.717) is 18.8 Å². The number of aryl methyl sites for hydroxylation is 1. The molecule has 0 unspecified atom stereocenters. The smallest absolute Gasteiger partial charge is 0.221 e. The number of rotatable bonds is 4.